The molecule has 5 nitrogen and oxygen atoms in total. The number of carbonyl (C=O) groups excluding carboxylic acids is 1. The van der Waals surface area contributed by atoms with Crippen LogP contribution in [0.25, 0.3) is 0 Å². The van der Waals surface area contributed by atoms with Gasteiger partial charge in [-0.2, -0.15) is 0 Å². The first-order chi connectivity index (χ1) is 9.11. The Kier molecular flexibility index (Phi) is 4.35. The largest absolute Gasteiger partial charge is 0.462 e. The van der Waals surface area contributed by atoms with Crippen molar-refractivity contribution in [1.82, 2.24) is 9.97 Å². The van der Waals surface area contributed by atoms with Crippen LogP contribution in [0.2, 0.25) is 0 Å². The molecule has 1 aromatic rings. The van der Waals surface area contributed by atoms with Gasteiger partial charge in [0, 0.05) is 12.2 Å². The van der Waals surface area contributed by atoms with E-state index in [2.05, 4.69) is 22.2 Å². The zero-order valence-corrected chi connectivity index (χ0v) is 11.8. The zero-order chi connectivity index (χ0) is 13.8. The third-order valence-electron chi connectivity index (χ3n) is 3.69. The van der Waals surface area contributed by atoms with Crippen LogP contribution in [-0.4, -0.2) is 28.6 Å². The number of rotatable bonds is 5. The number of carbonyl (C=O) groups is 1. The minimum atomic E-state index is -0.362. The van der Waals surface area contributed by atoms with Crippen molar-refractivity contribution in [3.63, 3.8) is 0 Å². The van der Waals surface area contributed by atoms with Crippen molar-refractivity contribution in [1.29, 1.82) is 0 Å². The fraction of sp³-hybridized carbons (Fsp3) is 0.643. The summed E-state index contributed by atoms with van der Waals surface area (Å²) in [5.74, 6) is 0.942. The summed E-state index contributed by atoms with van der Waals surface area (Å²) in [4.78, 5) is 20.2. The Morgan fingerprint density at radius 2 is 2.32 bits per heavy atom. The number of aryl methyl sites for hydroxylation is 1. The highest BCUT2D eigenvalue weighted by atomic mass is 16.5. The first-order valence-electron chi connectivity index (χ1n) is 6.89. The molecular weight excluding hydrogens is 242 g/mol. The molecular formula is C14H21N3O2. The second-order valence-electron chi connectivity index (χ2n) is 5.04. The summed E-state index contributed by atoms with van der Waals surface area (Å²) in [6, 6.07) is 0.376. The Labute approximate surface area is 113 Å². The predicted octanol–water partition coefficient (Wildman–Crippen LogP) is 2.56. The Bertz CT molecular complexity index is 458. The van der Waals surface area contributed by atoms with E-state index in [9.17, 15) is 4.79 Å². The number of ether oxygens (including phenoxy) is 1. The van der Waals surface area contributed by atoms with Gasteiger partial charge in [0.1, 0.15) is 0 Å². The van der Waals surface area contributed by atoms with Gasteiger partial charge in [0.15, 0.2) is 0 Å². The van der Waals surface area contributed by atoms with Gasteiger partial charge in [-0.25, -0.2) is 14.8 Å². The number of nitrogens with one attached hydrogen (secondary N) is 1. The monoisotopic (exact) mass is 263 g/mol. The summed E-state index contributed by atoms with van der Waals surface area (Å²) < 4.78 is 4.96. The van der Waals surface area contributed by atoms with E-state index in [4.69, 9.17) is 4.74 Å². The van der Waals surface area contributed by atoms with Gasteiger partial charge in [-0.3, -0.25) is 0 Å². The maximum absolute atomic E-state index is 11.6. The number of hydrogen-bond acceptors (Lipinski definition) is 5. The molecule has 1 atom stereocenters. The Hall–Kier alpha value is -1.65. The molecule has 0 radical (unpaired) electrons. The molecule has 0 saturated heterocycles. The fourth-order valence-corrected chi connectivity index (χ4v) is 2.21. The lowest BCUT2D eigenvalue weighted by atomic mass is 9.80. The van der Waals surface area contributed by atoms with Crippen LogP contribution in [0, 0.1) is 12.8 Å². The molecule has 5 heteroatoms. The number of hydrogen-bond donors (Lipinski definition) is 1. The molecule has 104 valence electrons. The Morgan fingerprint density at radius 3 is 2.84 bits per heavy atom. The SMILES string of the molecule is CCOC(=O)c1cnc(NC(C)C2CCC2)nc1C. The fourth-order valence-electron chi connectivity index (χ4n) is 2.21. The van der Waals surface area contributed by atoms with Gasteiger partial charge in [0.2, 0.25) is 5.95 Å². The molecule has 1 aromatic heterocycles. The van der Waals surface area contributed by atoms with Crippen molar-refractivity contribution < 1.29 is 9.53 Å². The molecule has 1 saturated carbocycles. The molecule has 0 bridgehead atoms. The molecule has 19 heavy (non-hydrogen) atoms. The van der Waals surface area contributed by atoms with Crippen LogP contribution >= 0.6 is 0 Å². The van der Waals surface area contributed by atoms with Crippen LogP contribution in [0.4, 0.5) is 5.95 Å². The van der Waals surface area contributed by atoms with E-state index in [1.807, 2.05) is 0 Å². The molecule has 1 fully saturated rings. The summed E-state index contributed by atoms with van der Waals surface area (Å²) in [5.41, 5.74) is 1.08. The molecule has 2 rings (SSSR count). The van der Waals surface area contributed by atoms with Crippen molar-refractivity contribution >= 4 is 11.9 Å². The van der Waals surface area contributed by atoms with Gasteiger partial charge in [0.05, 0.1) is 17.9 Å². The van der Waals surface area contributed by atoms with E-state index in [-0.39, 0.29) is 5.97 Å². The second-order valence-corrected chi connectivity index (χ2v) is 5.04. The van der Waals surface area contributed by atoms with E-state index < -0.39 is 0 Å². The molecule has 0 aliphatic heterocycles. The predicted molar refractivity (Wildman–Crippen MR) is 73.2 cm³/mol. The lowest BCUT2D eigenvalue weighted by Crippen LogP contribution is -2.31. The molecule has 0 aromatic carbocycles. The second kappa shape index (κ2) is 5.99. The van der Waals surface area contributed by atoms with Crippen molar-refractivity contribution in [2.45, 2.75) is 46.1 Å². The smallest absolute Gasteiger partial charge is 0.341 e. The Morgan fingerprint density at radius 1 is 1.58 bits per heavy atom. The first kappa shape index (κ1) is 13.8. The van der Waals surface area contributed by atoms with E-state index in [1.54, 1.807) is 13.8 Å². The summed E-state index contributed by atoms with van der Waals surface area (Å²) in [6.07, 6.45) is 5.40. The third kappa shape index (κ3) is 3.22. The van der Waals surface area contributed by atoms with Crippen LogP contribution in [0.3, 0.4) is 0 Å². The van der Waals surface area contributed by atoms with Crippen molar-refractivity contribution in [3.05, 3.63) is 17.5 Å². The minimum absolute atomic E-state index is 0.358. The summed E-state index contributed by atoms with van der Waals surface area (Å²) in [5, 5.41) is 3.31. The number of esters is 1. The number of nitrogens with zero attached hydrogens (tertiary/aromatic N) is 2. The van der Waals surface area contributed by atoms with Crippen LogP contribution in [0.5, 0.6) is 0 Å². The quantitative estimate of drug-likeness (QED) is 0.827. The summed E-state index contributed by atoms with van der Waals surface area (Å²) in [7, 11) is 0. The number of anilines is 1. The lowest BCUT2D eigenvalue weighted by molar-refractivity contribution is 0.0524. The molecule has 1 unspecified atom stereocenters. The van der Waals surface area contributed by atoms with Gasteiger partial charge in [-0.05, 0) is 39.5 Å². The maximum atomic E-state index is 11.6. The van der Waals surface area contributed by atoms with Crippen LogP contribution in [-0.2, 0) is 4.74 Å². The average molecular weight is 263 g/mol. The highest BCUT2D eigenvalue weighted by Crippen LogP contribution is 2.30. The topological polar surface area (TPSA) is 64.1 Å². The molecule has 1 N–H and O–H groups in total. The van der Waals surface area contributed by atoms with Gasteiger partial charge in [-0.1, -0.05) is 6.42 Å². The van der Waals surface area contributed by atoms with Crippen LogP contribution in [0.1, 0.15) is 49.2 Å². The van der Waals surface area contributed by atoms with E-state index in [0.29, 0.717) is 35.8 Å². The highest BCUT2D eigenvalue weighted by Gasteiger charge is 2.24. The van der Waals surface area contributed by atoms with Gasteiger partial charge in [0.25, 0.3) is 0 Å². The number of aromatic nitrogens is 2. The molecule has 1 heterocycles. The summed E-state index contributed by atoms with van der Waals surface area (Å²) in [6.45, 7) is 6.09. The lowest BCUT2D eigenvalue weighted by Gasteiger charge is -2.31. The maximum Gasteiger partial charge on any atom is 0.341 e. The van der Waals surface area contributed by atoms with Crippen LogP contribution < -0.4 is 5.32 Å². The van der Waals surface area contributed by atoms with Crippen molar-refractivity contribution in [3.8, 4) is 0 Å². The van der Waals surface area contributed by atoms with Crippen LogP contribution in [0.15, 0.2) is 6.20 Å². The normalized spacial score (nSPS) is 16.6. The zero-order valence-electron chi connectivity index (χ0n) is 11.8. The Balaban J connectivity index is 2.03. The average Bonchev–Trinajstić information content (AvgIpc) is 2.26. The third-order valence-corrected chi connectivity index (χ3v) is 3.69. The van der Waals surface area contributed by atoms with Gasteiger partial charge < -0.3 is 10.1 Å². The summed E-state index contributed by atoms with van der Waals surface area (Å²) >= 11 is 0. The molecule has 0 amide bonds. The van der Waals surface area contributed by atoms with Gasteiger partial charge in [-0.15, -0.1) is 0 Å². The minimum Gasteiger partial charge on any atom is -0.462 e. The van der Waals surface area contributed by atoms with E-state index >= 15 is 0 Å². The highest BCUT2D eigenvalue weighted by molar-refractivity contribution is 5.90. The van der Waals surface area contributed by atoms with Crippen molar-refractivity contribution in [2.75, 3.05) is 11.9 Å². The first-order valence-corrected chi connectivity index (χ1v) is 6.89. The van der Waals surface area contributed by atoms with E-state index in [0.717, 1.165) is 0 Å². The molecule has 1 aliphatic carbocycles. The van der Waals surface area contributed by atoms with Gasteiger partial charge >= 0.3 is 5.97 Å². The molecule has 1 aliphatic rings. The van der Waals surface area contributed by atoms with Crippen molar-refractivity contribution in [2.24, 2.45) is 5.92 Å². The standard InChI is InChI=1S/C14H21N3O2/c1-4-19-13(18)12-8-15-14(17-10(12)3)16-9(2)11-6-5-7-11/h8-9,11H,4-7H2,1-3H3,(H,15,16,17). The molecule has 0 spiro atoms. The van der Waals surface area contributed by atoms with E-state index in [1.165, 1.54) is 25.5 Å².